The number of amides is 1. The van der Waals surface area contributed by atoms with Gasteiger partial charge in [0.2, 0.25) is 0 Å². The van der Waals surface area contributed by atoms with Crippen LogP contribution in [0.1, 0.15) is 30.0 Å². The van der Waals surface area contributed by atoms with E-state index in [1.54, 1.807) is 44.4 Å². The van der Waals surface area contributed by atoms with Crippen molar-refractivity contribution in [1.29, 1.82) is 0 Å². The summed E-state index contributed by atoms with van der Waals surface area (Å²) in [5.41, 5.74) is 1.88. The van der Waals surface area contributed by atoms with E-state index in [0.717, 1.165) is 19.6 Å². The van der Waals surface area contributed by atoms with Gasteiger partial charge in [-0.3, -0.25) is 4.79 Å². The average molecular weight is 442 g/mol. The standard InChI is InChI=1S/C23H28FN5O3/c1-5-28(6-2)13-14-32-21-15-18(9-12-20(21)31-4)25-23(30)22-16(3)29(27-26-22)19-10-7-17(24)8-11-19/h7-12,15H,5-6,13-14H2,1-4H3,(H,25,30). The third-order valence-corrected chi connectivity index (χ3v) is 5.16. The molecule has 1 N–H and O–H groups in total. The topological polar surface area (TPSA) is 81.5 Å². The van der Waals surface area contributed by atoms with Crippen LogP contribution < -0.4 is 14.8 Å². The molecule has 3 aromatic rings. The number of hydrogen-bond acceptors (Lipinski definition) is 6. The molecule has 0 saturated carbocycles. The van der Waals surface area contributed by atoms with Crippen LogP contribution in [0.4, 0.5) is 10.1 Å². The van der Waals surface area contributed by atoms with E-state index in [2.05, 4.69) is 34.4 Å². The average Bonchev–Trinajstić information content (AvgIpc) is 3.19. The number of hydrogen-bond donors (Lipinski definition) is 1. The predicted octanol–water partition coefficient (Wildman–Crippen LogP) is 3.70. The number of carbonyl (C=O) groups is 1. The van der Waals surface area contributed by atoms with Gasteiger partial charge in [0.1, 0.15) is 12.4 Å². The Morgan fingerprint density at radius 1 is 1.12 bits per heavy atom. The fourth-order valence-electron chi connectivity index (χ4n) is 3.25. The molecule has 0 radical (unpaired) electrons. The van der Waals surface area contributed by atoms with E-state index in [-0.39, 0.29) is 11.5 Å². The molecule has 0 unspecified atom stereocenters. The van der Waals surface area contributed by atoms with Gasteiger partial charge in [0.05, 0.1) is 18.5 Å². The Kier molecular flexibility index (Phi) is 7.77. The number of halogens is 1. The van der Waals surface area contributed by atoms with Crippen molar-refractivity contribution in [1.82, 2.24) is 19.9 Å². The number of aromatic nitrogens is 3. The second-order valence-electron chi connectivity index (χ2n) is 7.11. The number of anilines is 1. The minimum Gasteiger partial charge on any atom is -0.493 e. The Bertz CT molecular complexity index is 1050. The summed E-state index contributed by atoms with van der Waals surface area (Å²) in [6, 6.07) is 11.0. The minimum absolute atomic E-state index is 0.175. The summed E-state index contributed by atoms with van der Waals surface area (Å²) >= 11 is 0. The Balaban J connectivity index is 1.73. The molecule has 0 atom stereocenters. The van der Waals surface area contributed by atoms with Crippen LogP contribution in [-0.4, -0.2) is 59.2 Å². The Labute approximate surface area is 186 Å². The van der Waals surface area contributed by atoms with E-state index in [1.165, 1.54) is 16.8 Å². The van der Waals surface area contributed by atoms with Gasteiger partial charge in [-0.25, -0.2) is 9.07 Å². The molecule has 1 amide bonds. The molecule has 1 heterocycles. The van der Waals surface area contributed by atoms with E-state index in [0.29, 0.717) is 35.2 Å². The van der Waals surface area contributed by atoms with Crippen LogP contribution in [0.3, 0.4) is 0 Å². The molecule has 8 nitrogen and oxygen atoms in total. The van der Waals surface area contributed by atoms with E-state index in [4.69, 9.17) is 9.47 Å². The van der Waals surface area contributed by atoms with Crippen LogP contribution in [0.5, 0.6) is 11.5 Å². The highest BCUT2D eigenvalue weighted by atomic mass is 19.1. The molecule has 2 aromatic carbocycles. The van der Waals surface area contributed by atoms with Gasteiger partial charge < -0.3 is 19.7 Å². The summed E-state index contributed by atoms with van der Waals surface area (Å²) in [5, 5.41) is 10.9. The second kappa shape index (κ2) is 10.7. The first-order chi connectivity index (χ1) is 15.5. The highest BCUT2D eigenvalue weighted by Crippen LogP contribution is 2.30. The zero-order valence-corrected chi connectivity index (χ0v) is 18.8. The first-order valence-electron chi connectivity index (χ1n) is 10.5. The molecule has 0 saturated heterocycles. The van der Waals surface area contributed by atoms with Gasteiger partial charge in [0.15, 0.2) is 17.2 Å². The maximum Gasteiger partial charge on any atom is 0.278 e. The third-order valence-electron chi connectivity index (χ3n) is 5.16. The monoisotopic (exact) mass is 441 g/mol. The molecule has 170 valence electrons. The fraction of sp³-hybridized carbons (Fsp3) is 0.348. The summed E-state index contributed by atoms with van der Waals surface area (Å²) in [6.07, 6.45) is 0. The van der Waals surface area contributed by atoms with Crippen LogP contribution in [-0.2, 0) is 0 Å². The zero-order chi connectivity index (χ0) is 23.1. The maximum absolute atomic E-state index is 13.2. The first-order valence-corrected chi connectivity index (χ1v) is 10.5. The Morgan fingerprint density at radius 2 is 1.84 bits per heavy atom. The number of nitrogens with one attached hydrogen (secondary N) is 1. The normalized spacial score (nSPS) is 10.9. The number of carbonyl (C=O) groups excluding carboxylic acids is 1. The molecule has 0 bridgehead atoms. The third kappa shape index (κ3) is 5.42. The summed E-state index contributed by atoms with van der Waals surface area (Å²) in [7, 11) is 1.57. The summed E-state index contributed by atoms with van der Waals surface area (Å²) in [6.45, 7) is 9.13. The van der Waals surface area contributed by atoms with Crippen molar-refractivity contribution < 1.29 is 18.7 Å². The van der Waals surface area contributed by atoms with Gasteiger partial charge in [-0.2, -0.15) is 0 Å². The van der Waals surface area contributed by atoms with Gasteiger partial charge in [-0.05, 0) is 56.4 Å². The SMILES string of the molecule is CCN(CC)CCOc1cc(NC(=O)c2nnn(-c3ccc(F)cc3)c2C)ccc1OC. The lowest BCUT2D eigenvalue weighted by Gasteiger charge is -2.19. The Morgan fingerprint density at radius 3 is 2.50 bits per heavy atom. The molecule has 9 heteroatoms. The van der Waals surface area contributed by atoms with Crippen LogP contribution in [0.15, 0.2) is 42.5 Å². The minimum atomic E-state index is -0.407. The molecule has 0 aliphatic rings. The summed E-state index contributed by atoms with van der Waals surface area (Å²) < 4.78 is 26.0. The van der Waals surface area contributed by atoms with E-state index >= 15 is 0 Å². The molecule has 1 aromatic heterocycles. The number of methoxy groups -OCH3 is 1. The largest absolute Gasteiger partial charge is 0.493 e. The lowest BCUT2D eigenvalue weighted by atomic mass is 10.2. The van der Waals surface area contributed by atoms with Gasteiger partial charge in [-0.1, -0.05) is 19.1 Å². The van der Waals surface area contributed by atoms with Crippen LogP contribution in [0.2, 0.25) is 0 Å². The smallest absolute Gasteiger partial charge is 0.278 e. The number of rotatable bonds is 10. The van der Waals surface area contributed by atoms with Crippen molar-refractivity contribution in [2.75, 3.05) is 38.7 Å². The van der Waals surface area contributed by atoms with Crippen molar-refractivity contribution >= 4 is 11.6 Å². The zero-order valence-electron chi connectivity index (χ0n) is 18.8. The number of ether oxygens (including phenoxy) is 2. The quantitative estimate of drug-likeness (QED) is 0.517. The van der Waals surface area contributed by atoms with Gasteiger partial charge in [0.25, 0.3) is 5.91 Å². The van der Waals surface area contributed by atoms with Crippen molar-refractivity contribution in [2.45, 2.75) is 20.8 Å². The first kappa shape index (κ1) is 23.2. The Hall–Kier alpha value is -3.46. The summed E-state index contributed by atoms with van der Waals surface area (Å²) in [5.74, 6) is 0.374. The van der Waals surface area contributed by atoms with Gasteiger partial charge in [0, 0.05) is 18.3 Å². The lowest BCUT2D eigenvalue weighted by Crippen LogP contribution is -2.28. The molecule has 0 spiro atoms. The highest BCUT2D eigenvalue weighted by Gasteiger charge is 2.18. The van der Waals surface area contributed by atoms with Crippen molar-refractivity contribution in [3.63, 3.8) is 0 Å². The highest BCUT2D eigenvalue weighted by molar-refractivity contribution is 6.03. The molecule has 0 aliphatic carbocycles. The van der Waals surface area contributed by atoms with Crippen molar-refractivity contribution in [3.05, 3.63) is 59.7 Å². The van der Waals surface area contributed by atoms with Crippen LogP contribution in [0.25, 0.3) is 5.69 Å². The van der Waals surface area contributed by atoms with Crippen LogP contribution >= 0.6 is 0 Å². The van der Waals surface area contributed by atoms with Gasteiger partial charge in [-0.15, -0.1) is 5.10 Å². The van der Waals surface area contributed by atoms with Gasteiger partial charge >= 0.3 is 0 Å². The molecular weight excluding hydrogens is 413 g/mol. The van der Waals surface area contributed by atoms with Crippen molar-refractivity contribution in [3.8, 4) is 17.2 Å². The van der Waals surface area contributed by atoms with Crippen molar-refractivity contribution in [2.24, 2.45) is 0 Å². The molecule has 32 heavy (non-hydrogen) atoms. The molecule has 0 aliphatic heterocycles. The van der Waals surface area contributed by atoms with E-state index < -0.39 is 5.91 Å². The molecule has 0 fully saturated rings. The second-order valence-corrected chi connectivity index (χ2v) is 7.11. The number of benzene rings is 2. The van der Waals surface area contributed by atoms with Crippen LogP contribution in [0, 0.1) is 12.7 Å². The predicted molar refractivity (Wildman–Crippen MR) is 120 cm³/mol. The maximum atomic E-state index is 13.2. The number of likely N-dealkylation sites (N-methyl/N-ethyl adjacent to an activating group) is 1. The molecule has 3 rings (SSSR count). The summed E-state index contributed by atoms with van der Waals surface area (Å²) in [4.78, 5) is 15.1. The lowest BCUT2D eigenvalue weighted by molar-refractivity contribution is 0.102. The fourth-order valence-corrected chi connectivity index (χ4v) is 3.25. The number of nitrogens with zero attached hydrogens (tertiary/aromatic N) is 4. The van der Waals surface area contributed by atoms with E-state index in [9.17, 15) is 9.18 Å². The molecular formula is C23H28FN5O3. The van der Waals surface area contributed by atoms with E-state index in [1.807, 2.05) is 0 Å².